The summed E-state index contributed by atoms with van der Waals surface area (Å²) in [6, 6.07) is 0. The molecule has 3 heteroatoms. The smallest absolute Gasteiger partial charge is 0.319 e. The summed E-state index contributed by atoms with van der Waals surface area (Å²) in [6.45, 7) is 7.92. The van der Waals surface area contributed by atoms with Crippen LogP contribution in [0.1, 0.15) is 34.1 Å². The van der Waals surface area contributed by atoms with Gasteiger partial charge in [0.05, 0.1) is 0 Å². The fourth-order valence-corrected chi connectivity index (χ4v) is 1.69. The van der Waals surface area contributed by atoms with Gasteiger partial charge in [0.1, 0.15) is 4.75 Å². The van der Waals surface area contributed by atoms with E-state index < -0.39 is 10.7 Å². The van der Waals surface area contributed by atoms with Crippen molar-refractivity contribution in [1.29, 1.82) is 0 Å². The van der Waals surface area contributed by atoms with Gasteiger partial charge in [-0.15, -0.1) is 11.8 Å². The maximum atomic E-state index is 10.8. The Bertz CT molecular complexity index is 157. The molecule has 0 aromatic rings. The van der Waals surface area contributed by atoms with Crippen LogP contribution in [0.5, 0.6) is 0 Å². The molecule has 0 bridgehead atoms. The maximum absolute atomic E-state index is 10.8. The van der Waals surface area contributed by atoms with E-state index in [-0.39, 0.29) is 0 Å². The van der Waals surface area contributed by atoms with E-state index in [2.05, 4.69) is 13.8 Å². The van der Waals surface area contributed by atoms with Gasteiger partial charge in [-0.1, -0.05) is 20.8 Å². The Labute approximate surface area is 78.7 Å². The molecule has 0 heterocycles. The van der Waals surface area contributed by atoms with Gasteiger partial charge in [0.25, 0.3) is 0 Å². The number of aliphatic carboxylic acids is 1. The number of hydrogen-bond acceptors (Lipinski definition) is 2. The molecule has 0 saturated carbocycles. The number of carbonyl (C=O) groups is 1. The summed E-state index contributed by atoms with van der Waals surface area (Å²) >= 11 is 1.54. The summed E-state index contributed by atoms with van der Waals surface area (Å²) in [5.74, 6) is 0.771. The quantitative estimate of drug-likeness (QED) is 0.724. The van der Waals surface area contributed by atoms with E-state index in [1.54, 1.807) is 18.7 Å². The van der Waals surface area contributed by atoms with Crippen molar-refractivity contribution in [2.45, 2.75) is 38.9 Å². The minimum absolute atomic E-state index is 0.556. The summed E-state index contributed by atoms with van der Waals surface area (Å²) < 4.78 is -0.593. The van der Waals surface area contributed by atoms with Gasteiger partial charge in [-0.3, -0.25) is 4.79 Å². The van der Waals surface area contributed by atoms with Gasteiger partial charge in [-0.2, -0.15) is 0 Å². The molecular formula is C9H18O2S. The van der Waals surface area contributed by atoms with Gasteiger partial charge in [-0.05, 0) is 25.0 Å². The third-order valence-corrected chi connectivity index (χ3v) is 3.80. The first-order chi connectivity index (χ1) is 5.42. The summed E-state index contributed by atoms with van der Waals surface area (Å²) in [7, 11) is 0. The highest BCUT2D eigenvalue weighted by atomic mass is 32.2. The van der Waals surface area contributed by atoms with Crippen molar-refractivity contribution < 1.29 is 9.90 Å². The normalized spacial score (nSPS) is 16.1. The molecule has 0 amide bonds. The minimum Gasteiger partial charge on any atom is -0.480 e. The molecule has 2 nitrogen and oxygen atoms in total. The lowest BCUT2D eigenvalue weighted by Crippen LogP contribution is -2.31. The number of carboxylic acids is 1. The van der Waals surface area contributed by atoms with Crippen molar-refractivity contribution >= 4 is 17.7 Å². The summed E-state index contributed by atoms with van der Waals surface area (Å²) in [4.78, 5) is 10.8. The Hall–Kier alpha value is -0.180. The molecule has 1 unspecified atom stereocenters. The molecule has 0 saturated heterocycles. The topological polar surface area (TPSA) is 37.3 Å². The van der Waals surface area contributed by atoms with Crippen LogP contribution in [-0.4, -0.2) is 21.6 Å². The van der Waals surface area contributed by atoms with Crippen LogP contribution in [0, 0.1) is 5.92 Å². The van der Waals surface area contributed by atoms with Crippen LogP contribution in [-0.2, 0) is 4.79 Å². The second kappa shape index (κ2) is 4.75. The predicted octanol–water partition coefficient (Wildman–Crippen LogP) is 2.63. The fraction of sp³-hybridized carbons (Fsp3) is 0.889. The summed E-state index contributed by atoms with van der Waals surface area (Å²) in [6.07, 6.45) is 0.680. The Morgan fingerprint density at radius 3 is 2.33 bits per heavy atom. The van der Waals surface area contributed by atoms with Crippen molar-refractivity contribution in [3.63, 3.8) is 0 Å². The van der Waals surface area contributed by atoms with Gasteiger partial charge in [0.15, 0.2) is 0 Å². The van der Waals surface area contributed by atoms with E-state index >= 15 is 0 Å². The zero-order valence-electron chi connectivity index (χ0n) is 8.26. The minimum atomic E-state index is -0.698. The highest BCUT2D eigenvalue weighted by Gasteiger charge is 2.31. The lowest BCUT2D eigenvalue weighted by molar-refractivity contribution is -0.139. The number of carboxylic acid groups (broad SMARTS) is 1. The summed E-state index contributed by atoms with van der Waals surface area (Å²) in [5, 5.41) is 8.92. The molecule has 0 aliphatic heterocycles. The maximum Gasteiger partial charge on any atom is 0.319 e. The third kappa shape index (κ3) is 3.48. The van der Waals surface area contributed by atoms with Crippen LogP contribution < -0.4 is 0 Å². The van der Waals surface area contributed by atoms with E-state index in [9.17, 15) is 4.79 Å². The molecule has 12 heavy (non-hydrogen) atoms. The molecule has 0 aromatic carbocycles. The SMILES string of the molecule is CCC(C)(SCC(C)C)C(=O)O. The van der Waals surface area contributed by atoms with Crippen LogP contribution >= 0.6 is 11.8 Å². The molecule has 0 aliphatic rings. The molecule has 0 spiro atoms. The molecular weight excluding hydrogens is 172 g/mol. The van der Waals surface area contributed by atoms with Crippen LogP contribution in [0.4, 0.5) is 0 Å². The first-order valence-electron chi connectivity index (χ1n) is 4.29. The lowest BCUT2D eigenvalue weighted by atomic mass is 10.1. The summed E-state index contributed by atoms with van der Waals surface area (Å²) in [5.41, 5.74) is 0. The zero-order chi connectivity index (χ0) is 9.78. The van der Waals surface area contributed by atoms with E-state index in [1.807, 2.05) is 6.92 Å². The monoisotopic (exact) mass is 190 g/mol. The molecule has 0 fully saturated rings. The molecule has 1 atom stereocenters. The van der Waals surface area contributed by atoms with Gasteiger partial charge < -0.3 is 5.11 Å². The third-order valence-electron chi connectivity index (χ3n) is 1.86. The van der Waals surface area contributed by atoms with Crippen molar-refractivity contribution in [2.75, 3.05) is 5.75 Å². The van der Waals surface area contributed by atoms with Crippen molar-refractivity contribution in [3.05, 3.63) is 0 Å². The van der Waals surface area contributed by atoms with Gasteiger partial charge >= 0.3 is 5.97 Å². The van der Waals surface area contributed by atoms with E-state index in [0.29, 0.717) is 12.3 Å². The molecule has 1 N–H and O–H groups in total. The van der Waals surface area contributed by atoms with E-state index in [4.69, 9.17) is 5.11 Å². The predicted molar refractivity (Wildman–Crippen MR) is 53.6 cm³/mol. The van der Waals surface area contributed by atoms with Gasteiger partial charge in [0.2, 0.25) is 0 Å². The fourth-order valence-electron chi connectivity index (χ4n) is 0.666. The van der Waals surface area contributed by atoms with Crippen molar-refractivity contribution in [3.8, 4) is 0 Å². The highest BCUT2D eigenvalue weighted by Crippen LogP contribution is 2.30. The second-order valence-corrected chi connectivity index (χ2v) is 5.12. The Morgan fingerprint density at radius 2 is 2.08 bits per heavy atom. The lowest BCUT2D eigenvalue weighted by Gasteiger charge is -2.23. The van der Waals surface area contributed by atoms with Gasteiger partial charge in [-0.25, -0.2) is 0 Å². The van der Waals surface area contributed by atoms with Crippen molar-refractivity contribution in [2.24, 2.45) is 5.92 Å². The van der Waals surface area contributed by atoms with Crippen LogP contribution in [0.2, 0.25) is 0 Å². The Kier molecular flexibility index (Phi) is 4.68. The molecule has 0 radical (unpaired) electrons. The first-order valence-corrected chi connectivity index (χ1v) is 5.28. The number of hydrogen-bond donors (Lipinski definition) is 1. The second-order valence-electron chi connectivity index (χ2n) is 3.59. The zero-order valence-corrected chi connectivity index (χ0v) is 9.07. The number of thioether (sulfide) groups is 1. The van der Waals surface area contributed by atoms with Crippen LogP contribution in [0.25, 0.3) is 0 Å². The average Bonchev–Trinajstić information content (AvgIpc) is 1.99. The largest absolute Gasteiger partial charge is 0.480 e. The molecule has 0 aromatic heterocycles. The van der Waals surface area contributed by atoms with Gasteiger partial charge in [0, 0.05) is 0 Å². The van der Waals surface area contributed by atoms with Crippen LogP contribution in [0.15, 0.2) is 0 Å². The van der Waals surface area contributed by atoms with Crippen LogP contribution in [0.3, 0.4) is 0 Å². The van der Waals surface area contributed by atoms with E-state index in [0.717, 1.165) is 5.75 Å². The van der Waals surface area contributed by atoms with Crippen molar-refractivity contribution in [1.82, 2.24) is 0 Å². The highest BCUT2D eigenvalue weighted by molar-refractivity contribution is 8.01. The average molecular weight is 190 g/mol. The van der Waals surface area contributed by atoms with E-state index in [1.165, 1.54) is 0 Å². The number of rotatable bonds is 5. The molecule has 0 rings (SSSR count). The Morgan fingerprint density at radius 1 is 1.58 bits per heavy atom. The molecule has 0 aliphatic carbocycles. The Balaban J connectivity index is 4.06. The first kappa shape index (κ1) is 11.8. The molecule has 72 valence electrons. The standard InChI is InChI=1S/C9H18O2S/c1-5-9(4,8(10)11)12-6-7(2)3/h7H,5-6H2,1-4H3,(H,10,11).